The molecule has 86 valence electrons. The minimum atomic E-state index is -0.276. The van der Waals surface area contributed by atoms with Crippen molar-refractivity contribution in [2.75, 3.05) is 0 Å². The Kier molecular flexibility index (Phi) is 3.39. The molecule has 0 spiro atoms. The first kappa shape index (κ1) is 11.6. The summed E-state index contributed by atoms with van der Waals surface area (Å²) in [4.78, 5) is 5.02. The van der Waals surface area contributed by atoms with E-state index in [1.165, 1.54) is 23.9 Å². The summed E-state index contributed by atoms with van der Waals surface area (Å²) in [6.45, 7) is 0. The number of hydrogen-bond donors (Lipinski definition) is 2. The van der Waals surface area contributed by atoms with Crippen LogP contribution >= 0.6 is 11.8 Å². The molecule has 3 nitrogen and oxygen atoms in total. The van der Waals surface area contributed by atoms with Gasteiger partial charge in [0.1, 0.15) is 16.7 Å². The molecule has 1 heterocycles. The van der Waals surface area contributed by atoms with Gasteiger partial charge >= 0.3 is 0 Å². The van der Waals surface area contributed by atoms with E-state index in [0.717, 1.165) is 4.90 Å². The van der Waals surface area contributed by atoms with Gasteiger partial charge in [-0.3, -0.25) is 5.41 Å². The number of pyridine rings is 1. The van der Waals surface area contributed by atoms with Crippen LogP contribution in [-0.4, -0.2) is 10.8 Å². The summed E-state index contributed by atoms with van der Waals surface area (Å²) in [5.41, 5.74) is 6.05. The van der Waals surface area contributed by atoms with E-state index in [1.807, 2.05) is 0 Å². The highest BCUT2D eigenvalue weighted by atomic mass is 32.2. The van der Waals surface area contributed by atoms with E-state index in [1.54, 1.807) is 30.5 Å². The van der Waals surface area contributed by atoms with Crippen molar-refractivity contribution in [1.82, 2.24) is 4.98 Å². The minimum absolute atomic E-state index is 0.0253. The maximum Gasteiger partial charge on any atom is 0.125 e. The van der Waals surface area contributed by atoms with Crippen molar-refractivity contribution in [3.63, 3.8) is 0 Å². The number of rotatable bonds is 3. The quantitative estimate of drug-likeness (QED) is 0.647. The average Bonchev–Trinajstić information content (AvgIpc) is 2.32. The zero-order valence-electron chi connectivity index (χ0n) is 8.85. The largest absolute Gasteiger partial charge is 0.384 e. The van der Waals surface area contributed by atoms with Crippen LogP contribution in [0.4, 0.5) is 4.39 Å². The highest BCUT2D eigenvalue weighted by molar-refractivity contribution is 7.99. The van der Waals surface area contributed by atoms with Crippen LogP contribution in [-0.2, 0) is 0 Å². The lowest BCUT2D eigenvalue weighted by atomic mass is 10.3. The molecule has 17 heavy (non-hydrogen) atoms. The van der Waals surface area contributed by atoms with Gasteiger partial charge in [-0.25, -0.2) is 9.37 Å². The number of nitrogen functional groups attached to an aromatic ring is 1. The maximum atomic E-state index is 12.8. The van der Waals surface area contributed by atoms with E-state index in [9.17, 15) is 4.39 Å². The Balaban J connectivity index is 2.30. The third kappa shape index (κ3) is 2.82. The molecule has 2 rings (SSSR count). The zero-order chi connectivity index (χ0) is 12.3. The first-order chi connectivity index (χ1) is 8.16. The smallest absolute Gasteiger partial charge is 0.125 e. The molecule has 1 aromatic heterocycles. The molecule has 0 unspecified atom stereocenters. The lowest BCUT2D eigenvalue weighted by molar-refractivity contribution is 0.626. The molecule has 0 atom stereocenters. The van der Waals surface area contributed by atoms with Crippen molar-refractivity contribution in [3.8, 4) is 0 Å². The van der Waals surface area contributed by atoms with Gasteiger partial charge in [0, 0.05) is 16.7 Å². The number of aromatic nitrogens is 1. The van der Waals surface area contributed by atoms with Crippen molar-refractivity contribution in [1.29, 1.82) is 5.41 Å². The summed E-state index contributed by atoms with van der Waals surface area (Å²) in [6, 6.07) is 9.57. The van der Waals surface area contributed by atoms with Crippen LogP contribution in [0.5, 0.6) is 0 Å². The molecule has 0 amide bonds. The molecule has 0 radical (unpaired) electrons. The standard InChI is InChI=1S/C12H10FN3S/c13-8-3-5-9(6-4-8)17-12-10(11(14)15)2-1-7-16-12/h1-7H,(H3,14,15). The first-order valence-corrected chi connectivity index (χ1v) is 5.71. The molecule has 0 aliphatic carbocycles. The van der Waals surface area contributed by atoms with Crippen LogP contribution in [0.2, 0.25) is 0 Å². The number of nitrogens with one attached hydrogen (secondary N) is 1. The van der Waals surface area contributed by atoms with E-state index in [4.69, 9.17) is 11.1 Å². The summed E-state index contributed by atoms with van der Waals surface area (Å²) in [5.74, 6) is -0.301. The Hall–Kier alpha value is -1.88. The monoisotopic (exact) mass is 247 g/mol. The van der Waals surface area contributed by atoms with Crippen molar-refractivity contribution < 1.29 is 4.39 Å². The molecule has 0 aliphatic rings. The second kappa shape index (κ2) is 4.97. The third-order valence-electron chi connectivity index (χ3n) is 2.09. The molecule has 5 heteroatoms. The Morgan fingerprint density at radius 2 is 1.94 bits per heavy atom. The van der Waals surface area contributed by atoms with Crippen molar-refractivity contribution in [2.45, 2.75) is 9.92 Å². The lowest BCUT2D eigenvalue weighted by Gasteiger charge is -2.06. The molecule has 0 saturated heterocycles. The van der Waals surface area contributed by atoms with Gasteiger partial charge in [-0.1, -0.05) is 11.8 Å². The van der Waals surface area contributed by atoms with Crippen LogP contribution in [0.1, 0.15) is 5.56 Å². The maximum absolute atomic E-state index is 12.8. The number of hydrogen-bond acceptors (Lipinski definition) is 3. The Labute approximate surface area is 102 Å². The molecule has 0 aliphatic heterocycles. The minimum Gasteiger partial charge on any atom is -0.384 e. The van der Waals surface area contributed by atoms with Crippen LogP contribution in [0.3, 0.4) is 0 Å². The highest BCUT2D eigenvalue weighted by Crippen LogP contribution is 2.28. The SMILES string of the molecule is N=C(N)c1cccnc1Sc1ccc(F)cc1. The highest BCUT2D eigenvalue weighted by Gasteiger charge is 2.07. The fourth-order valence-electron chi connectivity index (χ4n) is 1.29. The fraction of sp³-hybridized carbons (Fsp3) is 0. The lowest BCUT2D eigenvalue weighted by Crippen LogP contribution is -2.12. The third-order valence-corrected chi connectivity index (χ3v) is 3.12. The van der Waals surface area contributed by atoms with Crippen molar-refractivity contribution >= 4 is 17.6 Å². The summed E-state index contributed by atoms with van der Waals surface area (Å²) >= 11 is 1.35. The normalized spacial score (nSPS) is 10.2. The first-order valence-electron chi connectivity index (χ1n) is 4.89. The van der Waals surface area contributed by atoms with Crippen LogP contribution in [0, 0.1) is 11.2 Å². The van der Waals surface area contributed by atoms with E-state index in [2.05, 4.69) is 4.98 Å². The number of nitrogens with two attached hydrogens (primary N) is 1. The van der Waals surface area contributed by atoms with Gasteiger partial charge in [-0.2, -0.15) is 0 Å². The molecule has 1 aromatic carbocycles. The van der Waals surface area contributed by atoms with Gasteiger partial charge in [0.05, 0.1) is 0 Å². The second-order valence-corrected chi connectivity index (χ2v) is 4.39. The van der Waals surface area contributed by atoms with Gasteiger partial charge in [0.2, 0.25) is 0 Å². The Morgan fingerprint density at radius 1 is 1.24 bits per heavy atom. The fourth-order valence-corrected chi connectivity index (χ4v) is 2.19. The van der Waals surface area contributed by atoms with Crippen LogP contribution in [0.15, 0.2) is 52.5 Å². The summed E-state index contributed by atoms with van der Waals surface area (Å²) < 4.78 is 12.8. The molecule has 3 N–H and O–H groups in total. The van der Waals surface area contributed by atoms with E-state index in [-0.39, 0.29) is 11.7 Å². The van der Waals surface area contributed by atoms with Gasteiger partial charge in [0.15, 0.2) is 0 Å². The predicted octanol–water partition coefficient (Wildman–Crippen LogP) is 2.66. The van der Waals surface area contributed by atoms with Crippen molar-refractivity contribution in [2.24, 2.45) is 5.73 Å². The summed E-state index contributed by atoms with van der Waals surface area (Å²) in [6.07, 6.45) is 1.64. The van der Waals surface area contributed by atoms with E-state index < -0.39 is 0 Å². The second-order valence-electron chi connectivity index (χ2n) is 3.33. The van der Waals surface area contributed by atoms with E-state index >= 15 is 0 Å². The number of amidine groups is 1. The van der Waals surface area contributed by atoms with Crippen molar-refractivity contribution in [3.05, 3.63) is 54.0 Å². The molecular weight excluding hydrogens is 237 g/mol. The van der Waals surface area contributed by atoms with Gasteiger partial charge < -0.3 is 5.73 Å². The topological polar surface area (TPSA) is 62.8 Å². The Bertz CT molecular complexity index is 540. The predicted molar refractivity (Wildman–Crippen MR) is 65.8 cm³/mol. The summed E-state index contributed by atoms with van der Waals surface area (Å²) in [5, 5.41) is 8.09. The van der Waals surface area contributed by atoms with Gasteiger partial charge in [-0.15, -0.1) is 0 Å². The molecule has 0 bridgehead atoms. The molecular formula is C12H10FN3S. The van der Waals surface area contributed by atoms with Crippen LogP contribution in [0.25, 0.3) is 0 Å². The molecule has 2 aromatic rings. The molecule has 0 fully saturated rings. The van der Waals surface area contributed by atoms with Gasteiger partial charge in [-0.05, 0) is 36.4 Å². The number of halogens is 1. The zero-order valence-corrected chi connectivity index (χ0v) is 9.67. The van der Waals surface area contributed by atoms with Gasteiger partial charge in [0.25, 0.3) is 0 Å². The van der Waals surface area contributed by atoms with Crippen LogP contribution < -0.4 is 5.73 Å². The Morgan fingerprint density at radius 3 is 2.59 bits per heavy atom. The average molecular weight is 247 g/mol. The van der Waals surface area contributed by atoms with E-state index in [0.29, 0.717) is 10.6 Å². The number of nitrogens with zero attached hydrogens (tertiary/aromatic N) is 1. The summed E-state index contributed by atoms with van der Waals surface area (Å²) in [7, 11) is 0. The number of benzene rings is 1. The molecule has 0 saturated carbocycles.